The zero-order valence-corrected chi connectivity index (χ0v) is 12.2. The van der Waals surface area contributed by atoms with Crippen molar-refractivity contribution in [3.05, 3.63) is 58.4 Å². The maximum atomic E-state index is 13.5. The molecule has 106 valence electrons. The summed E-state index contributed by atoms with van der Waals surface area (Å²) in [4.78, 5) is 0. The highest BCUT2D eigenvalue weighted by Gasteiger charge is 2.07. The summed E-state index contributed by atoms with van der Waals surface area (Å²) in [6.45, 7) is 3.64. The fourth-order valence-corrected chi connectivity index (χ4v) is 2.13. The van der Waals surface area contributed by atoms with Gasteiger partial charge in [0, 0.05) is 12.1 Å². The third kappa shape index (κ3) is 3.71. The van der Waals surface area contributed by atoms with Crippen LogP contribution >= 0.6 is 11.6 Å². The number of hydrogen-bond donors (Lipinski definition) is 1. The van der Waals surface area contributed by atoms with Gasteiger partial charge in [0.15, 0.2) is 0 Å². The third-order valence-electron chi connectivity index (χ3n) is 2.93. The van der Waals surface area contributed by atoms with Gasteiger partial charge < -0.3 is 10.5 Å². The van der Waals surface area contributed by atoms with Gasteiger partial charge in [0.1, 0.15) is 17.3 Å². The number of benzene rings is 2. The van der Waals surface area contributed by atoms with E-state index in [0.29, 0.717) is 22.1 Å². The smallest absolute Gasteiger partial charge is 0.146 e. The van der Waals surface area contributed by atoms with E-state index in [1.807, 2.05) is 19.1 Å². The average molecular weight is 294 g/mol. The predicted molar refractivity (Wildman–Crippen MR) is 80.0 cm³/mol. The molecule has 0 fully saturated rings. The lowest BCUT2D eigenvalue weighted by Gasteiger charge is -2.11. The Balaban J connectivity index is 2.19. The zero-order chi connectivity index (χ0) is 14.7. The summed E-state index contributed by atoms with van der Waals surface area (Å²) in [7, 11) is 0. The van der Waals surface area contributed by atoms with Gasteiger partial charge in [-0.3, -0.25) is 0 Å². The first kappa shape index (κ1) is 14.8. The molecule has 0 aromatic heterocycles. The van der Waals surface area contributed by atoms with Gasteiger partial charge in [0.05, 0.1) is 5.02 Å². The fourth-order valence-electron chi connectivity index (χ4n) is 1.89. The molecule has 1 unspecified atom stereocenters. The van der Waals surface area contributed by atoms with E-state index in [2.05, 4.69) is 0 Å². The molecule has 20 heavy (non-hydrogen) atoms. The SMILES string of the molecule is Cc1ccc(Oc2ccc(CC(C)N)cc2Cl)cc1F. The fraction of sp³-hybridized carbons (Fsp3) is 0.250. The summed E-state index contributed by atoms with van der Waals surface area (Å²) in [5, 5.41) is 0.490. The van der Waals surface area contributed by atoms with Crippen LogP contribution in [0.2, 0.25) is 5.02 Å². The molecule has 2 aromatic carbocycles. The number of halogens is 2. The third-order valence-corrected chi connectivity index (χ3v) is 3.22. The molecule has 2 aromatic rings. The maximum absolute atomic E-state index is 13.5. The van der Waals surface area contributed by atoms with Crippen LogP contribution in [-0.4, -0.2) is 6.04 Å². The number of ether oxygens (including phenoxy) is 1. The van der Waals surface area contributed by atoms with E-state index in [1.54, 1.807) is 25.1 Å². The van der Waals surface area contributed by atoms with E-state index >= 15 is 0 Å². The Morgan fingerprint density at radius 3 is 2.60 bits per heavy atom. The monoisotopic (exact) mass is 293 g/mol. The number of aryl methyl sites for hydroxylation is 1. The van der Waals surface area contributed by atoms with Crippen molar-refractivity contribution in [1.29, 1.82) is 0 Å². The molecular weight excluding hydrogens is 277 g/mol. The van der Waals surface area contributed by atoms with Gasteiger partial charge in [0.2, 0.25) is 0 Å². The zero-order valence-electron chi connectivity index (χ0n) is 11.5. The van der Waals surface area contributed by atoms with Crippen molar-refractivity contribution in [3.8, 4) is 11.5 Å². The van der Waals surface area contributed by atoms with Crippen LogP contribution in [0.1, 0.15) is 18.1 Å². The van der Waals surface area contributed by atoms with Crippen LogP contribution in [0.25, 0.3) is 0 Å². The number of rotatable bonds is 4. The first-order valence-electron chi connectivity index (χ1n) is 6.43. The molecule has 0 amide bonds. The van der Waals surface area contributed by atoms with Crippen LogP contribution in [0.15, 0.2) is 36.4 Å². The van der Waals surface area contributed by atoms with Gasteiger partial charge in [-0.05, 0) is 49.6 Å². The van der Waals surface area contributed by atoms with Gasteiger partial charge in [0.25, 0.3) is 0 Å². The van der Waals surface area contributed by atoms with Gasteiger partial charge in [-0.15, -0.1) is 0 Å². The second kappa shape index (κ2) is 6.25. The summed E-state index contributed by atoms with van der Waals surface area (Å²) in [5.41, 5.74) is 7.38. The first-order valence-corrected chi connectivity index (χ1v) is 6.81. The minimum absolute atomic E-state index is 0.0732. The topological polar surface area (TPSA) is 35.2 Å². The summed E-state index contributed by atoms with van der Waals surface area (Å²) in [6, 6.07) is 10.3. The maximum Gasteiger partial charge on any atom is 0.146 e. The Morgan fingerprint density at radius 2 is 2.00 bits per heavy atom. The van der Waals surface area contributed by atoms with E-state index in [-0.39, 0.29) is 11.9 Å². The molecule has 0 heterocycles. The second-order valence-electron chi connectivity index (χ2n) is 4.96. The number of nitrogens with two attached hydrogens (primary N) is 1. The minimum atomic E-state index is -0.299. The molecule has 0 aliphatic carbocycles. The van der Waals surface area contributed by atoms with E-state index in [0.717, 1.165) is 12.0 Å². The van der Waals surface area contributed by atoms with E-state index in [9.17, 15) is 4.39 Å². The van der Waals surface area contributed by atoms with Crippen molar-refractivity contribution in [1.82, 2.24) is 0 Å². The molecule has 2 rings (SSSR count). The van der Waals surface area contributed by atoms with Crippen LogP contribution in [0.3, 0.4) is 0 Å². The van der Waals surface area contributed by atoms with Crippen molar-refractivity contribution in [3.63, 3.8) is 0 Å². The molecule has 0 radical (unpaired) electrons. The summed E-state index contributed by atoms with van der Waals surface area (Å²) < 4.78 is 19.1. The van der Waals surface area contributed by atoms with E-state index < -0.39 is 0 Å². The van der Waals surface area contributed by atoms with Gasteiger partial charge in [-0.25, -0.2) is 4.39 Å². The van der Waals surface area contributed by atoms with Crippen LogP contribution < -0.4 is 10.5 Å². The standard InChI is InChI=1S/C16H17ClFNO/c1-10-3-5-13(9-15(10)18)20-16-6-4-12(7-11(2)19)8-14(16)17/h3-6,8-9,11H,7,19H2,1-2H3. The van der Waals surface area contributed by atoms with Crippen LogP contribution in [-0.2, 0) is 6.42 Å². The van der Waals surface area contributed by atoms with Crippen molar-refractivity contribution < 1.29 is 9.13 Å². The van der Waals surface area contributed by atoms with Gasteiger partial charge in [-0.2, -0.15) is 0 Å². The Morgan fingerprint density at radius 1 is 1.25 bits per heavy atom. The Bertz CT molecular complexity index is 613. The summed E-state index contributed by atoms with van der Waals surface area (Å²) >= 11 is 6.17. The molecule has 1 atom stereocenters. The molecule has 2 N–H and O–H groups in total. The minimum Gasteiger partial charge on any atom is -0.456 e. The molecular formula is C16H17ClFNO. The highest BCUT2D eigenvalue weighted by Crippen LogP contribution is 2.31. The molecule has 0 saturated carbocycles. The largest absolute Gasteiger partial charge is 0.456 e. The van der Waals surface area contributed by atoms with Crippen LogP contribution in [0.5, 0.6) is 11.5 Å². The lowest BCUT2D eigenvalue weighted by Crippen LogP contribution is -2.17. The molecule has 4 heteroatoms. The lowest BCUT2D eigenvalue weighted by atomic mass is 10.1. The van der Waals surface area contributed by atoms with Crippen molar-refractivity contribution in [2.45, 2.75) is 26.3 Å². The predicted octanol–water partition coefficient (Wildman–Crippen LogP) is 4.47. The van der Waals surface area contributed by atoms with Gasteiger partial charge in [-0.1, -0.05) is 23.7 Å². The van der Waals surface area contributed by atoms with Crippen LogP contribution in [0.4, 0.5) is 4.39 Å². The molecule has 0 spiro atoms. The Labute approximate surface area is 123 Å². The highest BCUT2D eigenvalue weighted by molar-refractivity contribution is 6.32. The Kier molecular flexibility index (Phi) is 4.63. The number of hydrogen-bond acceptors (Lipinski definition) is 2. The Hall–Kier alpha value is -1.58. The summed E-state index contributed by atoms with van der Waals surface area (Å²) in [6.07, 6.45) is 0.749. The molecule has 2 nitrogen and oxygen atoms in total. The second-order valence-corrected chi connectivity index (χ2v) is 5.37. The quantitative estimate of drug-likeness (QED) is 0.902. The molecule has 0 bridgehead atoms. The average Bonchev–Trinajstić information content (AvgIpc) is 2.36. The van der Waals surface area contributed by atoms with E-state index in [4.69, 9.17) is 22.1 Å². The van der Waals surface area contributed by atoms with E-state index in [1.165, 1.54) is 6.07 Å². The summed E-state index contributed by atoms with van der Waals surface area (Å²) in [5.74, 6) is 0.630. The van der Waals surface area contributed by atoms with Gasteiger partial charge >= 0.3 is 0 Å². The highest BCUT2D eigenvalue weighted by atomic mass is 35.5. The molecule has 0 aliphatic heterocycles. The van der Waals surface area contributed by atoms with Crippen molar-refractivity contribution >= 4 is 11.6 Å². The van der Waals surface area contributed by atoms with Crippen LogP contribution in [0, 0.1) is 12.7 Å². The molecule has 0 saturated heterocycles. The molecule has 0 aliphatic rings. The van der Waals surface area contributed by atoms with Crippen molar-refractivity contribution in [2.75, 3.05) is 0 Å². The van der Waals surface area contributed by atoms with Crippen molar-refractivity contribution in [2.24, 2.45) is 5.73 Å². The first-order chi connectivity index (χ1) is 9.45. The normalized spacial score (nSPS) is 12.2. The lowest BCUT2D eigenvalue weighted by molar-refractivity contribution is 0.476.